The van der Waals surface area contributed by atoms with Crippen LogP contribution < -0.4 is 15.5 Å². The summed E-state index contributed by atoms with van der Waals surface area (Å²) in [6.45, 7) is 3.99. The maximum Gasteiger partial charge on any atom is 0.309 e. The first kappa shape index (κ1) is 21.7. The summed E-state index contributed by atoms with van der Waals surface area (Å²) < 4.78 is 5.32. The fraction of sp³-hybridized carbons (Fsp3) is 0.571. The molecular weight excluding hydrogens is 388 g/mol. The predicted octanol–water partition coefficient (Wildman–Crippen LogP) is 1.18. The van der Waals surface area contributed by atoms with Gasteiger partial charge in [0.2, 0.25) is 11.8 Å². The zero-order valence-corrected chi connectivity index (χ0v) is 17.2. The predicted molar refractivity (Wildman–Crippen MR) is 109 cm³/mol. The summed E-state index contributed by atoms with van der Waals surface area (Å²) in [6.07, 6.45) is 5.44. The highest BCUT2D eigenvalue weighted by molar-refractivity contribution is 6.03. The minimum absolute atomic E-state index is 0.0652. The Morgan fingerprint density at radius 2 is 2.00 bits per heavy atom. The van der Waals surface area contributed by atoms with Gasteiger partial charge in [-0.3, -0.25) is 24.5 Å². The molecule has 3 rings (SSSR count). The molecule has 0 saturated carbocycles. The van der Waals surface area contributed by atoms with Gasteiger partial charge in [0.15, 0.2) is 0 Å². The molecule has 3 amide bonds. The van der Waals surface area contributed by atoms with Crippen molar-refractivity contribution in [2.24, 2.45) is 5.92 Å². The van der Waals surface area contributed by atoms with Crippen molar-refractivity contribution >= 4 is 29.4 Å². The van der Waals surface area contributed by atoms with Crippen molar-refractivity contribution in [3.63, 3.8) is 0 Å². The monoisotopic (exact) mass is 416 g/mol. The summed E-state index contributed by atoms with van der Waals surface area (Å²) in [5.41, 5.74) is 1.09. The summed E-state index contributed by atoms with van der Waals surface area (Å²) in [4.78, 5) is 53.8. The summed E-state index contributed by atoms with van der Waals surface area (Å²) in [7, 11) is 0. The number of ether oxygens (including phenoxy) is 1. The number of anilines is 1. The molecule has 2 fully saturated rings. The van der Waals surface area contributed by atoms with Gasteiger partial charge in [-0.2, -0.15) is 0 Å². The lowest BCUT2D eigenvalue weighted by Crippen LogP contribution is -2.52. The molecule has 1 atom stereocenters. The van der Waals surface area contributed by atoms with Crippen LogP contribution >= 0.6 is 0 Å². The van der Waals surface area contributed by atoms with Crippen LogP contribution in [0.1, 0.15) is 55.9 Å². The molecule has 0 radical (unpaired) electrons. The molecule has 2 saturated heterocycles. The van der Waals surface area contributed by atoms with Crippen LogP contribution in [0.15, 0.2) is 18.3 Å². The third kappa shape index (κ3) is 5.55. The molecule has 9 nitrogen and oxygen atoms in total. The smallest absolute Gasteiger partial charge is 0.309 e. The molecular formula is C21H28N4O5. The first-order chi connectivity index (χ1) is 14.5. The van der Waals surface area contributed by atoms with Gasteiger partial charge in [-0.15, -0.1) is 0 Å². The van der Waals surface area contributed by atoms with Crippen LogP contribution in [0.5, 0.6) is 0 Å². The number of pyridine rings is 1. The van der Waals surface area contributed by atoms with Gasteiger partial charge in [0.05, 0.1) is 24.4 Å². The Hall–Kier alpha value is -2.97. The van der Waals surface area contributed by atoms with Crippen molar-refractivity contribution in [2.75, 3.05) is 24.6 Å². The van der Waals surface area contributed by atoms with E-state index in [4.69, 9.17) is 4.74 Å². The van der Waals surface area contributed by atoms with Gasteiger partial charge in [0, 0.05) is 19.5 Å². The van der Waals surface area contributed by atoms with E-state index in [0.717, 1.165) is 44.5 Å². The first-order valence-electron chi connectivity index (χ1n) is 10.5. The number of hydrogen-bond donors (Lipinski definition) is 2. The van der Waals surface area contributed by atoms with Gasteiger partial charge in [-0.1, -0.05) is 13.3 Å². The maximum atomic E-state index is 12.4. The van der Waals surface area contributed by atoms with E-state index in [9.17, 15) is 19.2 Å². The molecule has 2 aliphatic heterocycles. The van der Waals surface area contributed by atoms with Crippen molar-refractivity contribution in [1.82, 2.24) is 15.6 Å². The number of piperidine rings is 2. The Kier molecular flexibility index (Phi) is 7.37. The van der Waals surface area contributed by atoms with E-state index in [-0.39, 0.29) is 36.3 Å². The highest BCUT2D eigenvalue weighted by Gasteiger charge is 2.29. The Bertz CT molecular complexity index is 787. The molecule has 0 aromatic carbocycles. The molecule has 30 heavy (non-hydrogen) atoms. The average Bonchev–Trinajstić information content (AvgIpc) is 2.76. The van der Waals surface area contributed by atoms with Gasteiger partial charge < -0.3 is 15.0 Å². The van der Waals surface area contributed by atoms with E-state index in [1.807, 2.05) is 6.07 Å². The third-order valence-electron chi connectivity index (χ3n) is 5.46. The van der Waals surface area contributed by atoms with Gasteiger partial charge in [0.25, 0.3) is 5.91 Å². The van der Waals surface area contributed by atoms with Crippen LogP contribution in [0.4, 0.5) is 5.69 Å². The van der Waals surface area contributed by atoms with Gasteiger partial charge in [-0.25, -0.2) is 4.98 Å². The number of hydrogen-bond acceptors (Lipinski definition) is 7. The van der Waals surface area contributed by atoms with Crippen LogP contribution in [0.25, 0.3) is 0 Å². The molecule has 1 aromatic rings. The number of nitrogens with zero attached hydrogens (tertiary/aromatic N) is 2. The van der Waals surface area contributed by atoms with E-state index in [1.165, 1.54) is 0 Å². The summed E-state index contributed by atoms with van der Waals surface area (Å²) in [5.74, 6) is -1.45. The van der Waals surface area contributed by atoms with Crippen LogP contribution in [0, 0.1) is 5.92 Å². The van der Waals surface area contributed by atoms with E-state index in [1.54, 1.807) is 12.3 Å². The molecule has 162 valence electrons. The Balaban J connectivity index is 1.49. The Labute approximate surface area is 175 Å². The lowest BCUT2D eigenvalue weighted by Gasteiger charge is -2.32. The quantitative estimate of drug-likeness (QED) is 0.389. The average molecular weight is 416 g/mol. The second-order valence-electron chi connectivity index (χ2n) is 7.66. The molecule has 2 aliphatic rings. The zero-order valence-electron chi connectivity index (χ0n) is 17.2. The Morgan fingerprint density at radius 1 is 1.23 bits per heavy atom. The Morgan fingerprint density at radius 3 is 2.63 bits per heavy atom. The second kappa shape index (κ2) is 10.2. The lowest BCUT2D eigenvalue weighted by atomic mass is 9.96. The molecule has 1 aromatic heterocycles. The number of rotatable bonds is 7. The second-order valence-corrected chi connectivity index (χ2v) is 7.66. The molecule has 3 heterocycles. The zero-order chi connectivity index (χ0) is 21.5. The van der Waals surface area contributed by atoms with Crippen molar-refractivity contribution in [3.05, 3.63) is 24.0 Å². The number of carbonyl (C=O) groups is 4. The summed E-state index contributed by atoms with van der Waals surface area (Å²) >= 11 is 0. The number of nitrogens with one attached hydrogen (secondary N) is 2. The number of aromatic nitrogens is 1. The number of carbonyl (C=O) groups excluding carboxylic acids is 4. The molecule has 0 bridgehead atoms. The highest BCUT2D eigenvalue weighted by Crippen LogP contribution is 2.24. The number of esters is 1. The highest BCUT2D eigenvalue weighted by atomic mass is 16.5. The number of amides is 3. The van der Waals surface area contributed by atoms with Crippen LogP contribution in [0.3, 0.4) is 0 Å². The summed E-state index contributed by atoms with van der Waals surface area (Å²) in [5, 5.41) is 4.82. The minimum atomic E-state index is -0.729. The minimum Gasteiger partial charge on any atom is -0.465 e. The number of unbranched alkanes of at least 4 members (excludes halogenated alkanes) is 1. The van der Waals surface area contributed by atoms with Gasteiger partial charge in [0.1, 0.15) is 11.7 Å². The molecule has 0 aliphatic carbocycles. The van der Waals surface area contributed by atoms with Gasteiger partial charge >= 0.3 is 5.97 Å². The summed E-state index contributed by atoms with van der Waals surface area (Å²) in [6, 6.07) is 2.70. The molecule has 1 unspecified atom stereocenters. The number of imide groups is 1. The first-order valence-corrected chi connectivity index (χ1v) is 10.5. The van der Waals surface area contributed by atoms with E-state index in [0.29, 0.717) is 6.61 Å². The van der Waals surface area contributed by atoms with E-state index in [2.05, 4.69) is 27.4 Å². The van der Waals surface area contributed by atoms with Crippen molar-refractivity contribution in [2.45, 2.75) is 51.5 Å². The topological polar surface area (TPSA) is 118 Å². The molecule has 9 heteroatoms. The lowest BCUT2D eigenvalue weighted by molar-refractivity contribution is -0.149. The largest absolute Gasteiger partial charge is 0.465 e. The normalized spacial score (nSPS) is 19.9. The van der Waals surface area contributed by atoms with Crippen molar-refractivity contribution < 1.29 is 23.9 Å². The van der Waals surface area contributed by atoms with Crippen LogP contribution in [-0.4, -0.2) is 54.4 Å². The van der Waals surface area contributed by atoms with Crippen molar-refractivity contribution in [3.8, 4) is 0 Å². The molecule has 0 spiro atoms. The standard InChI is InChI=1S/C21H28N4O5/c1-2-3-12-30-21(29)14-8-10-25(11-9-14)15-4-5-16(22-13-15)19(27)23-17-6-7-18(26)24-20(17)28/h4-5,13-14,17H,2-3,6-12H2,1H3,(H,23,27)(H,24,26,28). The van der Waals surface area contributed by atoms with E-state index < -0.39 is 17.9 Å². The fourth-order valence-corrected chi connectivity index (χ4v) is 3.58. The van der Waals surface area contributed by atoms with Crippen LogP contribution in [0.2, 0.25) is 0 Å². The molecule has 2 N–H and O–H groups in total. The van der Waals surface area contributed by atoms with E-state index >= 15 is 0 Å². The third-order valence-corrected chi connectivity index (χ3v) is 5.46. The van der Waals surface area contributed by atoms with Crippen LogP contribution in [-0.2, 0) is 19.1 Å². The SMILES string of the molecule is CCCCOC(=O)C1CCN(c2ccc(C(=O)NC3CCC(=O)NC3=O)nc2)CC1. The van der Waals surface area contributed by atoms with Crippen molar-refractivity contribution in [1.29, 1.82) is 0 Å². The fourth-order valence-electron chi connectivity index (χ4n) is 3.58. The maximum absolute atomic E-state index is 12.4. The van der Waals surface area contributed by atoms with Gasteiger partial charge in [-0.05, 0) is 37.8 Å².